The molecule has 3 aromatic rings. The Morgan fingerprint density at radius 1 is 1.23 bits per heavy atom. The summed E-state index contributed by atoms with van der Waals surface area (Å²) in [5.74, 6) is 1.67. The Morgan fingerprint density at radius 2 is 2.00 bits per heavy atom. The molecule has 0 fully saturated rings. The Labute approximate surface area is 155 Å². The second-order valence-corrected chi connectivity index (χ2v) is 6.54. The van der Waals surface area contributed by atoms with E-state index in [0.29, 0.717) is 28.3 Å². The van der Waals surface area contributed by atoms with Crippen molar-refractivity contribution < 1.29 is 14.3 Å². The van der Waals surface area contributed by atoms with E-state index in [1.54, 1.807) is 24.3 Å². The molecule has 0 saturated heterocycles. The molecule has 1 aliphatic heterocycles. The molecule has 0 amide bonds. The maximum absolute atomic E-state index is 11.6. The van der Waals surface area contributed by atoms with Crippen LogP contribution in [0.3, 0.4) is 0 Å². The first-order valence-corrected chi connectivity index (χ1v) is 8.55. The number of aryl methyl sites for hydroxylation is 1. The molecule has 2 aromatic carbocycles. The summed E-state index contributed by atoms with van der Waals surface area (Å²) in [5, 5.41) is 0. The molecule has 0 spiro atoms. The predicted octanol–water partition coefficient (Wildman–Crippen LogP) is 4.60. The van der Waals surface area contributed by atoms with Crippen LogP contribution in [-0.2, 0) is 11.2 Å². The summed E-state index contributed by atoms with van der Waals surface area (Å²) in [6.07, 6.45) is 0.691. The Kier molecular flexibility index (Phi) is 4.05. The molecule has 1 aromatic heterocycles. The Balaban J connectivity index is 1.72. The molecule has 5 nitrogen and oxygen atoms in total. The first kappa shape index (κ1) is 16.5. The zero-order valence-corrected chi connectivity index (χ0v) is 15.1. The van der Waals surface area contributed by atoms with Crippen molar-refractivity contribution in [1.82, 2.24) is 9.97 Å². The average Bonchev–Trinajstić information content (AvgIpc) is 2.66. The minimum atomic E-state index is -0.377. The van der Waals surface area contributed by atoms with Gasteiger partial charge in [-0.2, -0.15) is 0 Å². The number of rotatable bonds is 2. The predicted molar refractivity (Wildman–Crippen MR) is 100 cm³/mol. The molecule has 26 heavy (non-hydrogen) atoms. The van der Waals surface area contributed by atoms with Gasteiger partial charge in [-0.3, -0.25) is 0 Å². The minimum Gasteiger partial charge on any atom is -0.465 e. The highest BCUT2D eigenvalue weighted by Gasteiger charge is 2.20. The fraction of sp³-hybridized carbons (Fsp3) is 0.150. The molecule has 4 rings (SSSR count). The van der Waals surface area contributed by atoms with Gasteiger partial charge in [0, 0.05) is 12.0 Å². The van der Waals surface area contributed by atoms with Crippen LogP contribution in [0.15, 0.2) is 42.5 Å². The first-order valence-electron chi connectivity index (χ1n) is 8.14. The average molecular weight is 364 g/mol. The van der Waals surface area contributed by atoms with Crippen molar-refractivity contribution >= 4 is 18.2 Å². The number of fused-ring (bicyclic) bond motifs is 2. The van der Waals surface area contributed by atoms with Crippen LogP contribution in [0, 0.1) is 11.6 Å². The second-order valence-electron chi connectivity index (χ2n) is 6.16. The van der Waals surface area contributed by atoms with E-state index in [1.165, 1.54) is 12.7 Å². The molecule has 2 heterocycles. The Hall–Kier alpha value is -2.99. The lowest BCUT2D eigenvalue weighted by Gasteiger charge is -2.20. The SMILES string of the molecule is COC(=O)c1ccc(-c2nc(=S)c3c([nH]2)Oc2ccc(C)cc2C3)cc1. The van der Waals surface area contributed by atoms with Gasteiger partial charge >= 0.3 is 5.97 Å². The summed E-state index contributed by atoms with van der Waals surface area (Å²) < 4.78 is 11.2. The molecular weight excluding hydrogens is 348 g/mol. The van der Waals surface area contributed by atoms with Gasteiger partial charge in [0.15, 0.2) is 0 Å². The van der Waals surface area contributed by atoms with Gasteiger partial charge in [0.2, 0.25) is 5.88 Å². The summed E-state index contributed by atoms with van der Waals surface area (Å²) in [6.45, 7) is 2.05. The normalized spacial score (nSPS) is 11.9. The lowest BCUT2D eigenvalue weighted by Crippen LogP contribution is -2.08. The number of carbonyl (C=O) groups excluding carboxylic acids is 1. The highest BCUT2D eigenvalue weighted by atomic mass is 32.1. The summed E-state index contributed by atoms with van der Waals surface area (Å²) >= 11 is 5.49. The van der Waals surface area contributed by atoms with Crippen molar-refractivity contribution in [3.8, 4) is 23.0 Å². The maximum Gasteiger partial charge on any atom is 0.337 e. The van der Waals surface area contributed by atoms with Gasteiger partial charge < -0.3 is 14.5 Å². The molecule has 0 saturated carbocycles. The Bertz CT molecular complexity index is 1070. The maximum atomic E-state index is 11.6. The number of ether oxygens (including phenoxy) is 2. The largest absolute Gasteiger partial charge is 0.465 e. The van der Waals surface area contributed by atoms with Crippen molar-refractivity contribution in [2.24, 2.45) is 0 Å². The van der Waals surface area contributed by atoms with E-state index in [4.69, 9.17) is 21.7 Å². The standard InChI is InChI=1S/C20H16N2O3S/c1-11-3-8-16-14(9-11)10-15-18(25-16)21-17(22-19(15)26)12-4-6-13(7-5-12)20(23)24-2/h3-9H,10H2,1-2H3,(H,21,22,26). The molecule has 1 N–H and O–H groups in total. The van der Waals surface area contributed by atoms with Crippen molar-refractivity contribution in [3.05, 3.63) is 69.4 Å². The monoisotopic (exact) mass is 364 g/mol. The van der Waals surface area contributed by atoms with Gasteiger partial charge in [-0.1, -0.05) is 42.0 Å². The number of nitrogens with zero attached hydrogens (tertiary/aromatic N) is 1. The fourth-order valence-electron chi connectivity index (χ4n) is 2.99. The molecule has 0 atom stereocenters. The van der Waals surface area contributed by atoms with E-state index in [9.17, 15) is 4.79 Å². The molecule has 0 aliphatic carbocycles. The zero-order chi connectivity index (χ0) is 18.3. The molecule has 0 bridgehead atoms. The van der Waals surface area contributed by atoms with Crippen LogP contribution in [0.5, 0.6) is 11.6 Å². The van der Waals surface area contributed by atoms with Crippen LogP contribution in [0.1, 0.15) is 27.0 Å². The molecule has 0 unspecified atom stereocenters. The van der Waals surface area contributed by atoms with Gasteiger partial charge in [-0.25, -0.2) is 9.78 Å². The summed E-state index contributed by atoms with van der Waals surface area (Å²) in [7, 11) is 1.36. The van der Waals surface area contributed by atoms with Crippen LogP contribution < -0.4 is 4.74 Å². The van der Waals surface area contributed by atoms with Gasteiger partial charge in [0.05, 0.1) is 18.2 Å². The summed E-state index contributed by atoms with van der Waals surface area (Å²) in [4.78, 5) is 19.3. The van der Waals surface area contributed by atoms with E-state index in [1.807, 2.05) is 12.1 Å². The van der Waals surface area contributed by atoms with Crippen molar-refractivity contribution in [1.29, 1.82) is 0 Å². The zero-order valence-electron chi connectivity index (χ0n) is 14.3. The van der Waals surface area contributed by atoms with Crippen LogP contribution in [0.4, 0.5) is 0 Å². The van der Waals surface area contributed by atoms with Gasteiger partial charge in [-0.05, 0) is 30.7 Å². The third-order valence-electron chi connectivity index (χ3n) is 4.35. The summed E-state index contributed by atoms with van der Waals surface area (Å²) in [6, 6.07) is 13.1. The van der Waals surface area contributed by atoms with E-state index in [2.05, 4.69) is 23.0 Å². The van der Waals surface area contributed by atoms with E-state index >= 15 is 0 Å². The molecule has 6 heteroatoms. The number of aromatic nitrogens is 2. The van der Waals surface area contributed by atoms with E-state index in [0.717, 1.165) is 22.4 Å². The lowest BCUT2D eigenvalue weighted by atomic mass is 10.0. The Morgan fingerprint density at radius 3 is 2.73 bits per heavy atom. The third kappa shape index (κ3) is 2.88. The number of hydrogen-bond acceptors (Lipinski definition) is 5. The number of nitrogens with one attached hydrogen (secondary N) is 1. The van der Waals surface area contributed by atoms with E-state index in [-0.39, 0.29) is 5.97 Å². The first-order chi connectivity index (χ1) is 12.5. The molecular formula is C20H16N2O3S. The van der Waals surface area contributed by atoms with Crippen molar-refractivity contribution in [2.45, 2.75) is 13.3 Å². The quantitative estimate of drug-likeness (QED) is 0.416. The second kappa shape index (κ2) is 6.38. The van der Waals surface area contributed by atoms with Crippen LogP contribution >= 0.6 is 12.2 Å². The van der Waals surface area contributed by atoms with Crippen molar-refractivity contribution in [3.63, 3.8) is 0 Å². The topological polar surface area (TPSA) is 64.2 Å². The highest BCUT2D eigenvalue weighted by molar-refractivity contribution is 7.71. The minimum absolute atomic E-state index is 0.377. The van der Waals surface area contributed by atoms with Crippen molar-refractivity contribution in [2.75, 3.05) is 7.11 Å². The number of aromatic amines is 1. The van der Waals surface area contributed by atoms with Crippen LogP contribution in [0.25, 0.3) is 11.4 Å². The highest BCUT2D eigenvalue weighted by Crippen LogP contribution is 2.36. The molecule has 130 valence electrons. The number of H-pyrrole nitrogens is 1. The number of esters is 1. The number of hydrogen-bond donors (Lipinski definition) is 1. The number of benzene rings is 2. The van der Waals surface area contributed by atoms with E-state index < -0.39 is 0 Å². The van der Waals surface area contributed by atoms with Gasteiger partial charge in [0.25, 0.3) is 0 Å². The number of carbonyl (C=O) groups is 1. The molecule has 1 aliphatic rings. The lowest BCUT2D eigenvalue weighted by molar-refractivity contribution is 0.0601. The summed E-state index contributed by atoms with van der Waals surface area (Å²) in [5.41, 5.74) is 4.46. The van der Waals surface area contributed by atoms with Crippen LogP contribution in [0.2, 0.25) is 0 Å². The van der Waals surface area contributed by atoms with Crippen LogP contribution in [-0.4, -0.2) is 23.0 Å². The third-order valence-corrected chi connectivity index (χ3v) is 4.69. The smallest absolute Gasteiger partial charge is 0.337 e. The van der Waals surface area contributed by atoms with Gasteiger partial charge in [-0.15, -0.1) is 0 Å². The number of methoxy groups -OCH3 is 1. The fourth-order valence-corrected chi connectivity index (χ4v) is 3.24. The van der Waals surface area contributed by atoms with Gasteiger partial charge in [0.1, 0.15) is 16.2 Å². The molecule has 0 radical (unpaired) electrons.